The Labute approximate surface area is 171 Å². The third-order valence-corrected chi connectivity index (χ3v) is 5.49. The Balaban J connectivity index is 1.64. The van der Waals surface area contributed by atoms with E-state index in [0.29, 0.717) is 17.7 Å². The van der Waals surface area contributed by atoms with Crippen molar-refractivity contribution < 1.29 is 32.0 Å². The van der Waals surface area contributed by atoms with Crippen molar-refractivity contribution in [2.45, 2.75) is 17.8 Å². The summed E-state index contributed by atoms with van der Waals surface area (Å²) in [6.07, 6.45) is -0.662. The van der Waals surface area contributed by atoms with Gasteiger partial charge in [0.25, 0.3) is 5.24 Å². The quantitative estimate of drug-likeness (QED) is 0.564. The number of phenols is 1. The summed E-state index contributed by atoms with van der Waals surface area (Å²) < 4.78 is 33.2. The zero-order chi connectivity index (χ0) is 21.0. The normalized spacial score (nSPS) is 17.8. The number of imide groups is 1. The Morgan fingerprint density at radius 2 is 1.90 bits per heavy atom. The Bertz CT molecular complexity index is 1010. The predicted molar refractivity (Wildman–Crippen MR) is 106 cm³/mol. The maximum absolute atomic E-state index is 11.6. The molecule has 1 fully saturated rings. The van der Waals surface area contributed by atoms with Gasteiger partial charge in [0.2, 0.25) is 5.91 Å². The number of thioether (sulfide) groups is 1. The summed E-state index contributed by atoms with van der Waals surface area (Å²) in [6, 6.07) is 12.7. The summed E-state index contributed by atoms with van der Waals surface area (Å²) >= 11 is 0.954. The van der Waals surface area contributed by atoms with Crippen LogP contribution in [0.5, 0.6) is 11.5 Å². The first-order chi connectivity index (χ1) is 13.7. The fourth-order valence-electron chi connectivity index (χ4n) is 2.70. The van der Waals surface area contributed by atoms with Gasteiger partial charge in [-0.05, 0) is 41.8 Å². The molecule has 2 atom stereocenters. The van der Waals surface area contributed by atoms with Crippen molar-refractivity contribution in [3.05, 3.63) is 59.7 Å². The second-order valence-electron chi connectivity index (χ2n) is 6.21. The molecule has 0 radical (unpaired) electrons. The van der Waals surface area contributed by atoms with Crippen LogP contribution < -0.4 is 15.2 Å². The largest absolute Gasteiger partial charge is 0.508 e. The fraction of sp³-hybridized carbons (Fsp3) is 0.222. The maximum Gasteiger partial charge on any atom is 0.333 e. The first kappa shape index (κ1) is 21.1. The molecule has 0 aromatic heterocycles. The van der Waals surface area contributed by atoms with Gasteiger partial charge in [0.15, 0.2) is 0 Å². The third kappa shape index (κ3) is 6.19. The highest BCUT2D eigenvalue weighted by Gasteiger charge is 2.31. The van der Waals surface area contributed by atoms with E-state index >= 15 is 0 Å². The van der Waals surface area contributed by atoms with Gasteiger partial charge in [-0.15, -0.1) is 0 Å². The van der Waals surface area contributed by atoms with Gasteiger partial charge in [-0.2, -0.15) is 8.42 Å². The number of carbonyl (C=O) groups excluding carboxylic acids is 2. The summed E-state index contributed by atoms with van der Waals surface area (Å²) in [5.41, 5.74) is 1.22. The highest BCUT2D eigenvalue weighted by molar-refractivity contribution is 8.15. The van der Waals surface area contributed by atoms with E-state index in [-0.39, 0.29) is 23.5 Å². The first-order valence-corrected chi connectivity index (χ1v) is 10.8. The van der Waals surface area contributed by atoms with Crippen molar-refractivity contribution in [1.29, 1.82) is 0 Å². The van der Waals surface area contributed by atoms with E-state index in [1.165, 1.54) is 12.1 Å². The van der Waals surface area contributed by atoms with Crippen LogP contribution in [-0.2, 0) is 25.7 Å². The minimum absolute atomic E-state index is 0.0535. The lowest BCUT2D eigenvalue weighted by atomic mass is 10.1. The van der Waals surface area contributed by atoms with E-state index in [1.54, 1.807) is 36.4 Å². The molecule has 11 heteroatoms. The summed E-state index contributed by atoms with van der Waals surface area (Å²) in [5, 5.41) is 16.0. The lowest BCUT2D eigenvalue weighted by Gasteiger charge is -2.17. The second kappa shape index (κ2) is 8.82. The molecule has 2 unspecified atom stereocenters. The van der Waals surface area contributed by atoms with E-state index in [4.69, 9.17) is 14.1 Å². The van der Waals surface area contributed by atoms with E-state index in [0.717, 1.165) is 17.3 Å². The predicted octanol–water partition coefficient (Wildman–Crippen LogP) is 1.63. The number of nitrogens with two attached hydrogens (primary N) is 1. The third-order valence-electron chi connectivity index (χ3n) is 4.01. The number of ether oxygens (including phenoxy) is 1. The number of hydrogen-bond acceptors (Lipinski definition) is 8. The number of phenolic OH excluding ortho intramolecular Hbond substituents is 1. The van der Waals surface area contributed by atoms with Gasteiger partial charge in [-0.3, -0.25) is 14.9 Å². The fourth-order valence-corrected chi connectivity index (χ4v) is 4.05. The molecule has 29 heavy (non-hydrogen) atoms. The molecule has 9 nitrogen and oxygen atoms in total. The zero-order valence-electron chi connectivity index (χ0n) is 15.0. The molecule has 0 bridgehead atoms. The number of amides is 2. The van der Waals surface area contributed by atoms with E-state index < -0.39 is 21.7 Å². The highest BCUT2D eigenvalue weighted by atomic mass is 32.2. The first-order valence-electron chi connectivity index (χ1n) is 8.43. The van der Waals surface area contributed by atoms with Crippen LogP contribution in [-0.4, -0.2) is 36.5 Å². The number of hydrogen-bond donors (Lipinski definition) is 3. The molecule has 3 rings (SSSR count). The van der Waals surface area contributed by atoms with E-state index in [2.05, 4.69) is 5.32 Å². The van der Waals surface area contributed by atoms with Gasteiger partial charge >= 0.3 is 10.3 Å². The monoisotopic (exact) mass is 438 g/mol. The molecule has 0 spiro atoms. The van der Waals surface area contributed by atoms with Crippen molar-refractivity contribution in [1.82, 2.24) is 5.32 Å². The van der Waals surface area contributed by atoms with Crippen LogP contribution in [0.25, 0.3) is 0 Å². The van der Waals surface area contributed by atoms with Crippen LogP contribution in [0.4, 0.5) is 4.79 Å². The van der Waals surface area contributed by atoms with Crippen molar-refractivity contribution in [3.63, 3.8) is 0 Å². The second-order valence-corrected chi connectivity index (χ2v) is 8.57. The molecular formula is C18H18N2O7S2. The Hall–Kier alpha value is -2.60. The van der Waals surface area contributed by atoms with Gasteiger partial charge in [0.1, 0.15) is 24.2 Å². The molecule has 0 aliphatic carbocycles. The topological polar surface area (TPSA) is 145 Å². The molecule has 2 amide bonds. The lowest BCUT2D eigenvalue weighted by molar-refractivity contribution is -0.118. The van der Waals surface area contributed by atoms with Gasteiger partial charge < -0.3 is 9.84 Å². The van der Waals surface area contributed by atoms with Gasteiger partial charge in [0.05, 0.1) is 5.25 Å². The van der Waals surface area contributed by atoms with Crippen LogP contribution in [0.15, 0.2) is 48.5 Å². The van der Waals surface area contributed by atoms with Crippen LogP contribution in [0.2, 0.25) is 0 Å². The lowest BCUT2D eigenvalue weighted by Crippen LogP contribution is -2.25. The number of rotatable bonds is 8. The summed E-state index contributed by atoms with van der Waals surface area (Å²) in [4.78, 5) is 22.9. The molecule has 154 valence electrons. The standard InChI is InChI=1S/C18H18N2O7S2/c19-29(24,25)27-15(12-2-1-3-13(21)9-12)10-26-14-6-4-11(5-7-14)8-16-17(22)20-18(23)28-16/h1-7,9,15-16,21H,8,10H2,(H2,19,24,25)(H,20,22,23). The molecule has 1 heterocycles. The average molecular weight is 438 g/mol. The Kier molecular flexibility index (Phi) is 6.42. The number of carbonyl (C=O) groups is 2. The molecule has 1 aliphatic rings. The van der Waals surface area contributed by atoms with Gasteiger partial charge in [-0.25, -0.2) is 9.32 Å². The molecule has 1 aliphatic heterocycles. The molecule has 4 N–H and O–H groups in total. The zero-order valence-corrected chi connectivity index (χ0v) is 16.6. The summed E-state index contributed by atoms with van der Waals surface area (Å²) in [7, 11) is -4.25. The van der Waals surface area contributed by atoms with Crippen molar-refractivity contribution in [2.75, 3.05) is 6.61 Å². The minimum atomic E-state index is -4.25. The molecule has 2 aromatic rings. The average Bonchev–Trinajstić information content (AvgIpc) is 2.96. The maximum atomic E-state index is 11.6. The van der Waals surface area contributed by atoms with Crippen molar-refractivity contribution in [3.8, 4) is 11.5 Å². The number of benzene rings is 2. The van der Waals surface area contributed by atoms with Gasteiger partial charge in [-0.1, -0.05) is 36.0 Å². The van der Waals surface area contributed by atoms with Gasteiger partial charge in [0, 0.05) is 0 Å². The minimum Gasteiger partial charge on any atom is -0.508 e. The molecule has 0 saturated carbocycles. The Morgan fingerprint density at radius 3 is 2.48 bits per heavy atom. The van der Waals surface area contributed by atoms with Crippen molar-refractivity contribution in [2.24, 2.45) is 5.14 Å². The Morgan fingerprint density at radius 1 is 1.17 bits per heavy atom. The van der Waals surface area contributed by atoms with E-state index in [1.807, 2.05) is 0 Å². The molecule has 1 saturated heterocycles. The smallest absolute Gasteiger partial charge is 0.333 e. The van der Waals surface area contributed by atoms with Crippen LogP contribution in [0, 0.1) is 0 Å². The number of aromatic hydroxyl groups is 1. The van der Waals surface area contributed by atoms with E-state index in [9.17, 15) is 23.1 Å². The molecular weight excluding hydrogens is 420 g/mol. The summed E-state index contributed by atoms with van der Waals surface area (Å²) in [6.45, 7) is -0.172. The highest BCUT2D eigenvalue weighted by Crippen LogP contribution is 2.26. The van der Waals surface area contributed by atoms with Crippen molar-refractivity contribution >= 4 is 33.2 Å². The van der Waals surface area contributed by atoms with Crippen LogP contribution in [0.3, 0.4) is 0 Å². The summed E-state index contributed by atoms with van der Waals surface area (Å²) in [5.74, 6) is 0.0770. The SMILES string of the molecule is NS(=O)(=O)OC(COc1ccc(CC2SC(=O)NC2=O)cc1)c1cccc(O)c1. The number of nitrogens with one attached hydrogen (secondary N) is 1. The van der Waals surface area contributed by atoms with Crippen LogP contribution >= 0.6 is 11.8 Å². The molecule has 2 aromatic carbocycles. The van der Waals surface area contributed by atoms with Crippen LogP contribution in [0.1, 0.15) is 17.2 Å².